The van der Waals surface area contributed by atoms with Crippen LogP contribution < -0.4 is 4.72 Å². The molecule has 0 aliphatic carbocycles. The molecule has 0 radical (unpaired) electrons. The first-order chi connectivity index (χ1) is 9.97. The first-order valence-electron chi connectivity index (χ1n) is 6.79. The molecular formula is C16H18FNO2S. The predicted molar refractivity (Wildman–Crippen MR) is 80.9 cm³/mol. The van der Waals surface area contributed by atoms with Crippen molar-refractivity contribution in [1.82, 2.24) is 4.72 Å². The Hall–Kier alpha value is -1.72. The first kappa shape index (κ1) is 15.7. The van der Waals surface area contributed by atoms with Gasteiger partial charge in [0.1, 0.15) is 5.82 Å². The SMILES string of the molecule is C[C@@H](CCc1ccccc1)NS(=O)(=O)c1cccc(F)c1. The molecule has 0 aliphatic rings. The van der Waals surface area contributed by atoms with Crippen molar-refractivity contribution in [3.05, 3.63) is 66.0 Å². The second kappa shape index (κ2) is 6.83. The van der Waals surface area contributed by atoms with Gasteiger partial charge in [0, 0.05) is 6.04 Å². The summed E-state index contributed by atoms with van der Waals surface area (Å²) in [5.74, 6) is -0.560. The molecule has 2 aromatic carbocycles. The van der Waals surface area contributed by atoms with E-state index in [-0.39, 0.29) is 10.9 Å². The molecule has 0 aromatic heterocycles. The van der Waals surface area contributed by atoms with E-state index in [2.05, 4.69) is 4.72 Å². The fourth-order valence-corrected chi connectivity index (χ4v) is 3.36. The normalized spacial score (nSPS) is 13.0. The maximum atomic E-state index is 13.1. The third kappa shape index (κ3) is 4.65. The van der Waals surface area contributed by atoms with E-state index in [4.69, 9.17) is 0 Å². The molecule has 1 atom stereocenters. The van der Waals surface area contributed by atoms with Crippen molar-refractivity contribution in [3.63, 3.8) is 0 Å². The van der Waals surface area contributed by atoms with Gasteiger partial charge in [-0.05, 0) is 43.5 Å². The molecule has 0 saturated carbocycles. The quantitative estimate of drug-likeness (QED) is 0.891. The average molecular weight is 307 g/mol. The highest BCUT2D eigenvalue weighted by atomic mass is 32.2. The molecule has 0 aliphatic heterocycles. The van der Waals surface area contributed by atoms with Crippen molar-refractivity contribution in [2.75, 3.05) is 0 Å². The van der Waals surface area contributed by atoms with Gasteiger partial charge < -0.3 is 0 Å². The van der Waals surface area contributed by atoms with E-state index < -0.39 is 15.8 Å². The van der Waals surface area contributed by atoms with Gasteiger partial charge in [0.25, 0.3) is 0 Å². The Morgan fingerprint density at radius 2 is 1.81 bits per heavy atom. The van der Waals surface area contributed by atoms with Crippen LogP contribution in [0.2, 0.25) is 0 Å². The summed E-state index contributed by atoms with van der Waals surface area (Å²) in [4.78, 5) is -0.0472. The minimum Gasteiger partial charge on any atom is -0.208 e. The summed E-state index contributed by atoms with van der Waals surface area (Å²) in [6.07, 6.45) is 1.46. The molecule has 2 rings (SSSR count). The lowest BCUT2D eigenvalue weighted by molar-refractivity contribution is 0.545. The van der Waals surface area contributed by atoms with Gasteiger partial charge in [0.2, 0.25) is 10.0 Å². The van der Waals surface area contributed by atoms with Crippen LogP contribution in [-0.4, -0.2) is 14.5 Å². The highest BCUT2D eigenvalue weighted by molar-refractivity contribution is 7.89. The summed E-state index contributed by atoms with van der Waals surface area (Å²) >= 11 is 0. The molecule has 1 N–H and O–H groups in total. The van der Waals surface area contributed by atoms with Crippen molar-refractivity contribution in [2.45, 2.75) is 30.7 Å². The van der Waals surface area contributed by atoms with Gasteiger partial charge in [0.15, 0.2) is 0 Å². The Morgan fingerprint density at radius 3 is 2.48 bits per heavy atom. The highest BCUT2D eigenvalue weighted by Gasteiger charge is 2.17. The molecule has 0 bridgehead atoms. The van der Waals surface area contributed by atoms with Gasteiger partial charge >= 0.3 is 0 Å². The van der Waals surface area contributed by atoms with Crippen LogP contribution in [-0.2, 0) is 16.4 Å². The van der Waals surface area contributed by atoms with E-state index in [1.54, 1.807) is 6.92 Å². The second-order valence-corrected chi connectivity index (χ2v) is 6.72. The molecule has 0 unspecified atom stereocenters. The Morgan fingerprint density at radius 1 is 1.10 bits per heavy atom. The number of halogens is 1. The van der Waals surface area contributed by atoms with Crippen LogP contribution in [0.3, 0.4) is 0 Å². The van der Waals surface area contributed by atoms with E-state index in [1.165, 1.54) is 18.2 Å². The lowest BCUT2D eigenvalue weighted by atomic mass is 10.1. The molecule has 0 spiro atoms. The minimum atomic E-state index is -3.68. The average Bonchev–Trinajstić information content (AvgIpc) is 2.46. The zero-order chi connectivity index (χ0) is 15.3. The van der Waals surface area contributed by atoms with Crippen molar-refractivity contribution in [1.29, 1.82) is 0 Å². The van der Waals surface area contributed by atoms with Crippen LogP contribution in [0.1, 0.15) is 18.9 Å². The fourth-order valence-electron chi connectivity index (χ4n) is 2.05. The summed E-state index contributed by atoms with van der Waals surface area (Å²) in [7, 11) is -3.68. The standard InChI is InChI=1S/C16H18FNO2S/c1-13(10-11-14-6-3-2-4-7-14)18-21(19,20)16-9-5-8-15(17)12-16/h2-9,12-13,18H,10-11H2,1H3/t13-/m0/s1. The summed E-state index contributed by atoms with van der Waals surface area (Å²) in [5, 5.41) is 0. The largest absolute Gasteiger partial charge is 0.240 e. The smallest absolute Gasteiger partial charge is 0.208 e. The van der Waals surface area contributed by atoms with Gasteiger partial charge in [-0.3, -0.25) is 0 Å². The molecule has 0 amide bonds. The zero-order valence-electron chi connectivity index (χ0n) is 11.8. The van der Waals surface area contributed by atoms with Crippen LogP contribution in [0.4, 0.5) is 4.39 Å². The lowest BCUT2D eigenvalue weighted by Crippen LogP contribution is -2.33. The summed E-state index contributed by atoms with van der Waals surface area (Å²) < 4.78 is 39.9. The van der Waals surface area contributed by atoms with Crippen molar-refractivity contribution in [3.8, 4) is 0 Å². The van der Waals surface area contributed by atoms with Crippen LogP contribution in [0.25, 0.3) is 0 Å². The van der Waals surface area contributed by atoms with E-state index in [0.29, 0.717) is 6.42 Å². The van der Waals surface area contributed by atoms with E-state index in [9.17, 15) is 12.8 Å². The molecule has 112 valence electrons. The number of hydrogen-bond donors (Lipinski definition) is 1. The second-order valence-electron chi connectivity index (χ2n) is 5.00. The number of sulfonamides is 1. The summed E-state index contributed by atoms with van der Waals surface area (Å²) in [6, 6.07) is 14.7. The molecule has 0 heterocycles. The number of benzene rings is 2. The van der Waals surface area contributed by atoms with Gasteiger partial charge in [0.05, 0.1) is 4.90 Å². The Balaban J connectivity index is 1.97. The Labute approximate surface area is 124 Å². The van der Waals surface area contributed by atoms with Gasteiger partial charge in [-0.2, -0.15) is 0 Å². The Bertz CT molecular complexity index is 686. The molecule has 3 nitrogen and oxygen atoms in total. The molecule has 2 aromatic rings. The van der Waals surface area contributed by atoms with E-state index >= 15 is 0 Å². The van der Waals surface area contributed by atoms with Crippen molar-refractivity contribution in [2.24, 2.45) is 0 Å². The molecule has 5 heteroatoms. The maximum absolute atomic E-state index is 13.1. The van der Waals surface area contributed by atoms with Crippen LogP contribution in [0.15, 0.2) is 59.5 Å². The van der Waals surface area contributed by atoms with Crippen LogP contribution in [0, 0.1) is 5.82 Å². The fraction of sp³-hybridized carbons (Fsp3) is 0.250. The third-order valence-corrected chi connectivity index (χ3v) is 4.76. The molecule has 0 saturated heterocycles. The topological polar surface area (TPSA) is 46.2 Å². The van der Waals surface area contributed by atoms with Crippen molar-refractivity contribution >= 4 is 10.0 Å². The predicted octanol–water partition coefficient (Wildman–Crippen LogP) is 3.13. The molecule has 21 heavy (non-hydrogen) atoms. The minimum absolute atomic E-state index is 0.0472. The van der Waals surface area contributed by atoms with E-state index in [1.807, 2.05) is 30.3 Å². The number of hydrogen-bond acceptors (Lipinski definition) is 2. The number of nitrogens with one attached hydrogen (secondary N) is 1. The highest BCUT2D eigenvalue weighted by Crippen LogP contribution is 2.12. The lowest BCUT2D eigenvalue weighted by Gasteiger charge is -2.14. The van der Waals surface area contributed by atoms with Crippen LogP contribution >= 0.6 is 0 Å². The monoisotopic (exact) mass is 307 g/mol. The van der Waals surface area contributed by atoms with Crippen molar-refractivity contribution < 1.29 is 12.8 Å². The van der Waals surface area contributed by atoms with Gasteiger partial charge in [-0.1, -0.05) is 36.4 Å². The number of rotatable bonds is 6. The van der Waals surface area contributed by atoms with Gasteiger partial charge in [-0.15, -0.1) is 0 Å². The Kier molecular flexibility index (Phi) is 5.09. The number of aryl methyl sites for hydroxylation is 1. The summed E-state index contributed by atoms with van der Waals surface area (Å²) in [6.45, 7) is 1.81. The van der Waals surface area contributed by atoms with E-state index in [0.717, 1.165) is 18.1 Å². The summed E-state index contributed by atoms with van der Waals surface area (Å²) in [5.41, 5.74) is 1.16. The molecule has 0 fully saturated rings. The van der Waals surface area contributed by atoms with Crippen LogP contribution in [0.5, 0.6) is 0 Å². The van der Waals surface area contributed by atoms with Gasteiger partial charge in [-0.25, -0.2) is 17.5 Å². The zero-order valence-corrected chi connectivity index (χ0v) is 12.6. The maximum Gasteiger partial charge on any atom is 0.240 e. The third-order valence-electron chi connectivity index (χ3n) is 3.17. The first-order valence-corrected chi connectivity index (χ1v) is 8.27. The molecular weight excluding hydrogens is 289 g/mol.